The molecule has 1 atom stereocenters. The molecule has 1 aromatic heterocycles. The minimum Gasteiger partial charge on any atom is -0.468 e. The summed E-state index contributed by atoms with van der Waals surface area (Å²) in [6, 6.07) is -0.323. The lowest BCUT2D eigenvalue weighted by Gasteiger charge is -2.18. The average Bonchev–Trinajstić information content (AvgIpc) is 2.68. The van der Waals surface area contributed by atoms with Crippen LogP contribution in [0.15, 0.2) is 0 Å². The molecule has 0 aliphatic heterocycles. The summed E-state index contributed by atoms with van der Waals surface area (Å²) in [7, 11) is 3.27. The van der Waals surface area contributed by atoms with Gasteiger partial charge in [-0.05, 0) is 18.8 Å². The van der Waals surface area contributed by atoms with Crippen molar-refractivity contribution in [2.45, 2.75) is 46.2 Å². The highest BCUT2D eigenvalue weighted by molar-refractivity contribution is 6.31. The summed E-state index contributed by atoms with van der Waals surface area (Å²) >= 11 is 6.29. The molecule has 6 heteroatoms. The molecule has 0 bridgehead atoms. The lowest BCUT2D eigenvalue weighted by atomic mass is 10.0. The Hall–Kier alpha value is -1.07. The number of nitrogens with zero attached hydrogens (tertiary/aromatic N) is 2. The topological polar surface area (TPSA) is 56.2 Å². The Morgan fingerprint density at radius 1 is 1.50 bits per heavy atom. The van der Waals surface area contributed by atoms with Crippen LogP contribution < -0.4 is 5.32 Å². The predicted octanol–water partition coefficient (Wildman–Crippen LogP) is 2.31. The van der Waals surface area contributed by atoms with Crippen LogP contribution >= 0.6 is 11.6 Å². The molecule has 0 spiro atoms. The summed E-state index contributed by atoms with van der Waals surface area (Å²) < 4.78 is 6.59. The number of nitrogens with one attached hydrogen (secondary N) is 1. The van der Waals surface area contributed by atoms with E-state index < -0.39 is 0 Å². The first-order chi connectivity index (χ1) is 9.40. The zero-order valence-electron chi connectivity index (χ0n) is 12.9. The third-order valence-electron chi connectivity index (χ3n) is 3.21. The van der Waals surface area contributed by atoms with Crippen molar-refractivity contribution in [1.82, 2.24) is 15.1 Å². The zero-order valence-corrected chi connectivity index (χ0v) is 13.6. The van der Waals surface area contributed by atoms with E-state index in [9.17, 15) is 4.79 Å². The third-order valence-corrected chi connectivity index (χ3v) is 3.65. The van der Waals surface area contributed by atoms with Crippen molar-refractivity contribution in [3.8, 4) is 0 Å². The molecule has 0 fully saturated rings. The Labute approximate surface area is 125 Å². The van der Waals surface area contributed by atoms with Gasteiger partial charge in [-0.15, -0.1) is 0 Å². The van der Waals surface area contributed by atoms with Gasteiger partial charge in [-0.25, -0.2) is 0 Å². The maximum Gasteiger partial charge on any atom is 0.322 e. The molecule has 0 radical (unpaired) electrons. The van der Waals surface area contributed by atoms with Crippen LogP contribution in [-0.2, 0) is 29.5 Å². The van der Waals surface area contributed by atoms with Gasteiger partial charge in [0.15, 0.2) is 0 Å². The second-order valence-corrected chi connectivity index (χ2v) is 5.65. The second-order valence-electron chi connectivity index (χ2n) is 5.27. The van der Waals surface area contributed by atoms with Crippen LogP contribution in [0.2, 0.25) is 5.02 Å². The van der Waals surface area contributed by atoms with Crippen LogP contribution in [0.1, 0.15) is 38.6 Å². The molecule has 0 amide bonds. The zero-order chi connectivity index (χ0) is 15.3. The van der Waals surface area contributed by atoms with Crippen molar-refractivity contribution in [1.29, 1.82) is 0 Å². The second kappa shape index (κ2) is 7.64. The number of esters is 1. The number of hydrogen-bond donors (Lipinski definition) is 1. The fourth-order valence-corrected chi connectivity index (χ4v) is 2.47. The Balaban J connectivity index is 2.77. The number of aromatic nitrogens is 2. The van der Waals surface area contributed by atoms with E-state index in [-0.39, 0.29) is 12.0 Å². The number of ether oxygens (including phenoxy) is 1. The number of hydrogen-bond acceptors (Lipinski definition) is 4. The van der Waals surface area contributed by atoms with E-state index in [1.807, 2.05) is 14.0 Å². The number of methoxy groups -OCH3 is 1. The fraction of sp³-hybridized carbons (Fsp3) is 0.714. The standard InChI is InChI=1S/C14H24ClN3O2/c1-6-10-13(15)12(18(4)17-10)8-16-11(7-9(2)3)14(19)20-5/h9,11,16H,6-8H2,1-5H3. The SMILES string of the molecule is CCc1nn(C)c(CNC(CC(C)C)C(=O)OC)c1Cl. The van der Waals surface area contributed by atoms with E-state index >= 15 is 0 Å². The highest BCUT2D eigenvalue weighted by Crippen LogP contribution is 2.21. The predicted molar refractivity (Wildman–Crippen MR) is 79.7 cm³/mol. The Morgan fingerprint density at radius 3 is 2.60 bits per heavy atom. The van der Waals surface area contributed by atoms with Gasteiger partial charge in [-0.3, -0.25) is 14.8 Å². The summed E-state index contributed by atoms with van der Waals surface area (Å²) in [4.78, 5) is 11.8. The van der Waals surface area contributed by atoms with Gasteiger partial charge in [0.25, 0.3) is 0 Å². The molecule has 0 saturated heterocycles. The first-order valence-corrected chi connectivity index (χ1v) is 7.29. The quantitative estimate of drug-likeness (QED) is 0.785. The third kappa shape index (κ3) is 4.21. The van der Waals surface area contributed by atoms with Crippen molar-refractivity contribution >= 4 is 17.6 Å². The minimum atomic E-state index is -0.323. The summed E-state index contributed by atoms with van der Waals surface area (Å²) in [6.07, 6.45) is 1.52. The molecule has 1 aromatic rings. The van der Waals surface area contributed by atoms with Crippen molar-refractivity contribution in [2.24, 2.45) is 13.0 Å². The van der Waals surface area contributed by atoms with Gasteiger partial charge in [0.1, 0.15) is 6.04 Å². The van der Waals surface area contributed by atoms with E-state index in [2.05, 4.69) is 24.3 Å². The number of carbonyl (C=O) groups excluding carboxylic acids is 1. The summed E-state index contributed by atoms with van der Waals surface area (Å²) in [5, 5.41) is 8.25. The van der Waals surface area contributed by atoms with Crippen LogP contribution in [0.4, 0.5) is 0 Å². The molecular formula is C14H24ClN3O2. The van der Waals surface area contributed by atoms with Crippen molar-refractivity contribution in [3.05, 3.63) is 16.4 Å². The van der Waals surface area contributed by atoms with E-state index in [4.69, 9.17) is 16.3 Å². The average molecular weight is 302 g/mol. The first kappa shape index (κ1) is 17.0. The molecule has 1 N–H and O–H groups in total. The molecule has 0 saturated carbocycles. The molecule has 0 aliphatic carbocycles. The molecule has 1 unspecified atom stereocenters. The molecule has 5 nitrogen and oxygen atoms in total. The van der Waals surface area contributed by atoms with Crippen LogP contribution in [0.3, 0.4) is 0 Å². The largest absolute Gasteiger partial charge is 0.468 e. The molecule has 1 heterocycles. The first-order valence-electron chi connectivity index (χ1n) is 6.92. The van der Waals surface area contributed by atoms with E-state index in [0.717, 1.165) is 24.2 Å². The molecule has 114 valence electrons. The summed E-state index contributed by atoms with van der Waals surface area (Å²) in [5.41, 5.74) is 1.77. The number of halogens is 1. The molecule has 20 heavy (non-hydrogen) atoms. The van der Waals surface area contributed by atoms with Gasteiger partial charge < -0.3 is 4.74 Å². The molecule has 0 aromatic carbocycles. The van der Waals surface area contributed by atoms with Crippen LogP contribution in [0, 0.1) is 5.92 Å². The van der Waals surface area contributed by atoms with Crippen LogP contribution in [-0.4, -0.2) is 28.9 Å². The highest BCUT2D eigenvalue weighted by Gasteiger charge is 2.21. The lowest BCUT2D eigenvalue weighted by Crippen LogP contribution is -2.38. The van der Waals surface area contributed by atoms with Crippen LogP contribution in [0.25, 0.3) is 0 Å². The Kier molecular flexibility index (Phi) is 6.49. The minimum absolute atomic E-state index is 0.243. The molecular weight excluding hydrogens is 278 g/mol. The lowest BCUT2D eigenvalue weighted by molar-refractivity contribution is -0.143. The number of aryl methyl sites for hydroxylation is 2. The molecule has 1 rings (SSSR count). The Morgan fingerprint density at radius 2 is 2.15 bits per heavy atom. The van der Waals surface area contributed by atoms with Gasteiger partial charge >= 0.3 is 5.97 Å². The van der Waals surface area contributed by atoms with E-state index in [1.54, 1.807) is 4.68 Å². The highest BCUT2D eigenvalue weighted by atomic mass is 35.5. The van der Waals surface area contributed by atoms with E-state index in [0.29, 0.717) is 17.5 Å². The van der Waals surface area contributed by atoms with E-state index in [1.165, 1.54) is 7.11 Å². The number of carbonyl (C=O) groups is 1. The molecule has 0 aliphatic rings. The summed E-state index contributed by atoms with van der Waals surface area (Å²) in [5.74, 6) is 0.160. The van der Waals surface area contributed by atoms with Crippen molar-refractivity contribution in [3.63, 3.8) is 0 Å². The van der Waals surface area contributed by atoms with Gasteiger partial charge in [0.05, 0.1) is 23.5 Å². The van der Waals surface area contributed by atoms with Gasteiger partial charge in [-0.1, -0.05) is 32.4 Å². The van der Waals surface area contributed by atoms with Crippen molar-refractivity contribution < 1.29 is 9.53 Å². The normalized spacial score (nSPS) is 12.8. The van der Waals surface area contributed by atoms with Crippen LogP contribution in [0.5, 0.6) is 0 Å². The van der Waals surface area contributed by atoms with Gasteiger partial charge in [0, 0.05) is 13.6 Å². The van der Waals surface area contributed by atoms with Gasteiger partial charge in [-0.2, -0.15) is 5.10 Å². The Bertz CT molecular complexity index is 458. The smallest absolute Gasteiger partial charge is 0.322 e. The number of rotatable bonds is 7. The van der Waals surface area contributed by atoms with Crippen molar-refractivity contribution in [2.75, 3.05) is 7.11 Å². The van der Waals surface area contributed by atoms with Gasteiger partial charge in [0.2, 0.25) is 0 Å². The maximum absolute atomic E-state index is 11.8. The monoisotopic (exact) mass is 301 g/mol. The fourth-order valence-electron chi connectivity index (χ4n) is 2.11. The maximum atomic E-state index is 11.8. The summed E-state index contributed by atoms with van der Waals surface area (Å²) in [6.45, 7) is 6.66.